The number of benzene rings is 3. The van der Waals surface area contributed by atoms with Crippen LogP contribution >= 0.6 is 23.2 Å². The van der Waals surface area contributed by atoms with E-state index >= 15 is 0 Å². The standard InChI is InChI=1S/C23H14Cl2N6O8S2/c24-21-29-22(25)31-23(30-21)28-10-6-4-9(5-7-10)27-12-8-14(41(37,38)39)18(26)17-16(12)19(32)11-2-1-3-13(40(34,35)36)15(11)20(17)33/h1-8,27H,26H2,(H,34,35,36)(H,37,38,39)(H,28,29,30,31). The fraction of sp³-hybridized carbons (Fsp3) is 0. The number of nitrogens with zero attached hydrogens (tertiary/aromatic N) is 3. The van der Waals surface area contributed by atoms with E-state index in [4.69, 9.17) is 28.9 Å². The van der Waals surface area contributed by atoms with Crippen LogP contribution in [0, 0.1) is 0 Å². The SMILES string of the molecule is Nc1c(S(=O)(=O)O)cc(Nc2ccc(Nc3nc(Cl)nc(Cl)n3)cc2)c2c1C(=O)c1c(cccc1S(=O)(=O)O)C2=O. The van der Waals surface area contributed by atoms with Crippen molar-refractivity contribution in [2.45, 2.75) is 9.79 Å². The zero-order chi connectivity index (χ0) is 29.9. The van der Waals surface area contributed by atoms with Gasteiger partial charge in [0.25, 0.3) is 20.2 Å². The van der Waals surface area contributed by atoms with Crippen LogP contribution in [0.2, 0.25) is 10.6 Å². The molecule has 0 bridgehead atoms. The van der Waals surface area contributed by atoms with Gasteiger partial charge in [0, 0.05) is 16.9 Å². The van der Waals surface area contributed by atoms with Gasteiger partial charge in [-0.05, 0) is 59.6 Å². The number of anilines is 5. The summed E-state index contributed by atoms with van der Waals surface area (Å²) in [6, 6.07) is 10.2. The Morgan fingerprint density at radius 3 is 1.83 bits per heavy atom. The Balaban J connectivity index is 1.61. The van der Waals surface area contributed by atoms with Gasteiger partial charge in [-0.1, -0.05) is 12.1 Å². The third-order valence-electron chi connectivity index (χ3n) is 5.84. The molecule has 1 heterocycles. The van der Waals surface area contributed by atoms with Gasteiger partial charge in [0.15, 0.2) is 11.6 Å². The van der Waals surface area contributed by atoms with Crippen LogP contribution in [0.4, 0.5) is 28.7 Å². The van der Waals surface area contributed by atoms with Crippen LogP contribution in [0.25, 0.3) is 0 Å². The van der Waals surface area contributed by atoms with Crippen molar-refractivity contribution in [3.05, 3.63) is 81.4 Å². The number of nitrogen functional groups attached to an aromatic ring is 1. The molecule has 0 radical (unpaired) electrons. The average molecular weight is 637 g/mol. The second-order valence-corrected chi connectivity index (χ2v) is 11.9. The Morgan fingerprint density at radius 2 is 1.27 bits per heavy atom. The summed E-state index contributed by atoms with van der Waals surface area (Å²) in [6.45, 7) is 0. The van der Waals surface area contributed by atoms with E-state index in [1.54, 1.807) is 12.1 Å². The van der Waals surface area contributed by atoms with Gasteiger partial charge < -0.3 is 16.4 Å². The molecule has 1 aliphatic rings. The second-order valence-electron chi connectivity index (χ2n) is 8.40. The molecule has 18 heteroatoms. The van der Waals surface area contributed by atoms with Gasteiger partial charge in [-0.25, -0.2) is 0 Å². The number of aromatic nitrogens is 3. The lowest BCUT2D eigenvalue weighted by atomic mass is 9.82. The summed E-state index contributed by atoms with van der Waals surface area (Å²) >= 11 is 11.5. The zero-order valence-electron chi connectivity index (χ0n) is 20.0. The summed E-state index contributed by atoms with van der Waals surface area (Å²) in [5.74, 6) is -1.99. The molecule has 0 spiro atoms. The number of hydrogen-bond acceptors (Lipinski definition) is 12. The minimum atomic E-state index is -5.03. The molecule has 6 N–H and O–H groups in total. The van der Waals surface area contributed by atoms with Crippen LogP contribution in [0.5, 0.6) is 0 Å². The van der Waals surface area contributed by atoms with E-state index in [0.29, 0.717) is 5.69 Å². The molecule has 5 rings (SSSR count). The van der Waals surface area contributed by atoms with E-state index in [-0.39, 0.29) is 39.0 Å². The van der Waals surface area contributed by atoms with Crippen LogP contribution in [-0.2, 0) is 20.2 Å². The maximum absolute atomic E-state index is 13.6. The monoisotopic (exact) mass is 636 g/mol. The fourth-order valence-electron chi connectivity index (χ4n) is 4.19. The summed E-state index contributed by atoms with van der Waals surface area (Å²) in [5.41, 5.74) is 3.57. The Morgan fingerprint density at radius 1 is 0.707 bits per heavy atom. The Bertz CT molecular complexity index is 2000. The summed E-state index contributed by atoms with van der Waals surface area (Å²) < 4.78 is 67.6. The molecule has 0 aliphatic heterocycles. The van der Waals surface area contributed by atoms with E-state index in [9.17, 15) is 35.5 Å². The Kier molecular flexibility index (Phi) is 6.93. The molecular formula is C23H14Cl2N6O8S2. The molecular weight excluding hydrogens is 623 g/mol. The molecule has 0 unspecified atom stereocenters. The normalized spacial score (nSPS) is 13.0. The van der Waals surface area contributed by atoms with Crippen LogP contribution in [0.3, 0.4) is 0 Å². The number of fused-ring (bicyclic) bond motifs is 2. The summed E-state index contributed by atoms with van der Waals surface area (Å²) in [7, 11) is -10.0. The van der Waals surface area contributed by atoms with Crippen molar-refractivity contribution >= 4 is 83.7 Å². The van der Waals surface area contributed by atoms with Crippen molar-refractivity contribution in [3.63, 3.8) is 0 Å². The lowest BCUT2D eigenvalue weighted by Gasteiger charge is -2.24. The largest absolute Gasteiger partial charge is 0.397 e. The molecule has 0 saturated carbocycles. The fourth-order valence-corrected chi connectivity index (χ4v) is 5.91. The maximum atomic E-state index is 13.6. The van der Waals surface area contributed by atoms with Gasteiger partial charge in [-0.3, -0.25) is 18.7 Å². The number of carbonyl (C=O) groups excluding carboxylic acids is 2. The van der Waals surface area contributed by atoms with Gasteiger partial charge in [0.05, 0.1) is 28.1 Å². The first kappa shape index (κ1) is 28.3. The van der Waals surface area contributed by atoms with E-state index in [2.05, 4.69) is 25.6 Å². The molecule has 0 amide bonds. The van der Waals surface area contributed by atoms with Gasteiger partial charge in [0.2, 0.25) is 16.5 Å². The molecule has 0 atom stereocenters. The predicted octanol–water partition coefficient (Wildman–Crippen LogP) is 3.52. The molecule has 14 nitrogen and oxygen atoms in total. The molecule has 0 fully saturated rings. The van der Waals surface area contributed by atoms with Crippen molar-refractivity contribution in [2.24, 2.45) is 0 Å². The average Bonchev–Trinajstić information content (AvgIpc) is 2.87. The summed E-state index contributed by atoms with van der Waals surface area (Å²) in [5, 5.41) is 5.39. The highest BCUT2D eigenvalue weighted by Crippen LogP contribution is 2.41. The molecule has 0 saturated heterocycles. The van der Waals surface area contributed by atoms with Crippen LogP contribution in [0.1, 0.15) is 31.8 Å². The first-order chi connectivity index (χ1) is 19.1. The molecule has 4 aromatic rings. The highest BCUT2D eigenvalue weighted by atomic mass is 35.5. The van der Waals surface area contributed by atoms with E-state index in [1.165, 1.54) is 18.2 Å². The minimum absolute atomic E-state index is 0.0492. The van der Waals surface area contributed by atoms with Crippen molar-refractivity contribution in [1.29, 1.82) is 0 Å². The predicted molar refractivity (Wildman–Crippen MR) is 147 cm³/mol. The van der Waals surface area contributed by atoms with Crippen molar-refractivity contribution in [2.75, 3.05) is 16.4 Å². The van der Waals surface area contributed by atoms with Gasteiger partial charge in [-0.15, -0.1) is 0 Å². The maximum Gasteiger partial charge on any atom is 0.296 e. The Labute approximate surface area is 241 Å². The van der Waals surface area contributed by atoms with Gasteiger partial charge in [-0.2, -0.15) is 31.8 Å². The number of rotatable bonds is 6. The van der Waals surface area contributed by atoms with E-state index < -0.39 is 58.4 Å². The third-order valence-corrected chi connectivity index (χ3v) is 7.97. The number of ketones is 2. The van der Waals surface area contributed by atoms with Crippen molar-refractivity contribution < 1.29 is 35.5 Å². The lowest BCUT2D eigenvalue weighted by Crippen LogP contribution is -2.27. The van der Waals surface area contributed by atoms with Crippen molar-refractivity contribution in [1.82, 2.24) is 15.0 Å². The highest BCUT2D eigenvalue weighted by molar-refractivity contribution is 7.86. The first-order valence-electron chi connectivity index (χ1n) is 11.0. The number of nitrogens with one attached hydrogen (secondary N) is 2. The quantitative estimate of drug-likeness (QED) is 0.132. The molecule has 1 aliphatic carbocycles. The van der Waals surface area contributed by atoms with Crippen LogP contribution in [0.15, 0.2) is 58.3 Å². The van der Waals surface area contributed by atoms with Crippen LogP contribution < -0.4 is 16.4 Å². The van der Waals surface area contributed by atoms with Gasteiger partial charge in [0.1, 0.15) is 9.79 Å². The zero-order valence-corrected chi connectivity index (χ0v) is 23.1. The number of nitrogens with two attached hydrogens (primary N) is 1. The smallest absolute Gasteiger partial charge is 0.296 e. The molecule has 3 aromatic carbocycles. The number of hydrogen-bond donors (Lipinski definition) is 5. The van der Waals surface area contributed by atoms with E-state index in [0.717, 1.165) is 18.2 Å². The third kappa shape index (κ3) is 5.31. The molecule has 41 heavy (non-hydrogen) atoms. The highest BCUT2D eigenvalue weighted by Gasteiger charge is 2.39. The Hall–Kier alpha value is -4.19. The number of halogens is 2. The van der Waals surface area contributed by atoms with E-state index in [1.807, 2.05) is 0 Å². The topological polar surface area (TPSA) is 232 Å². The molecule has 1 aromatic heterocycles. The van der Waals surface area contributed by atoms with Crippen molar-refractivity contribution in [3.8, 4) is 0 Å². The summed E-state index contributed by atoms with van der Waals surface area (Å²) in [6.07, 6.45) is 0. The number of carbonyl (C=O) groups is 2. The first-order valence-corrected chi connectivity index (χ1v) is 14.6. The second kappa shape index (κ2) is 10.0. The van der Waals surface area contributed by atoms with Crippen LogP contribution in [-0.4, -0.2) is 52.5 Å². The lowest BCUT2D eigenvalue weighted by molar-refractivity contribution is 0.0977. The summed E-state index contributed by atoms with van der Waals surface area (Å²) in [4.78, 5) is 36.7. The molecule has 210 valence electrons. The van der Waals surface area contributed by atoms with Gasteiger partial charge >= 0.3 is 0 Å². The minimum Gasteiger partial charge on any atom is -0.397 e.